The van der Waals surface area contributed by atoms with Crippen molar-refractivity contribution in [3.8, 4) is 0 Å². The molecule has 0 aromatic heterocycles. The Balaban J connectivity index is 2.01. The summed E-state index contributed by atoms with van der Waals surface area (Å²) in [5, 5.41) is 3.38. The highest BCUT2D eigenvalue weighted by Gasteiger charge is 2.26. The van der Waals surface area contributed by atoms with Crippen molar-refractivity contribution in [2.75, 3.05) is 37.6 Å². The van der Waals surface area contributed by atoms with Crippen molar-refractivity contribution in [1.29, 1.82) is 0 Å². The summed E-state index contributed by atoms with van der Waals surface area (Å²) in [6.07, 6.45) is 1.28. The van der Waals surface area contributed by atoms with Gasteiger partial charge in [-0.2, -0.15) is 0 Å². The molecule has 1 fully saturated rings. The van der Waals surface area contributed by atoms with Crippen LogP contribution in [0.3, 0.4) is 0 Å². The third-order valence-electron chi connectivity index (χ3n) is 4.46. The average molecular weight is 354 g/mol. The van der Waals surface area contributed by atoms with Crippen LogP contribution in [0.4, 0.5) is 5.69 Å². The molecule has 3 nitrogen and oxygen atoms in total. The Bertz CT molecular complexity index is 446. The van der Waals surface area contributed by atoms with Gasteiger partial charge in [-0.25, -0.2) is 0 Å². The summed E-state index contributed by atoms with van der Waals surface area (Å²) in [7, 11) is 0. The lowest BCUT2D eigenvalue weighted by Crippen LogP contribution is -2.37. The molecule has 1 atom stereocenters. The SMILES string of the molecule is CCNCc1ccc(N2CCC(N(CC)CC)C2)cc1Br. The first-order valence-electron chi connectivity index (χ1n) is 8.17. The van der Waals surface area contributed by atoms with Gasteiger partial charge in [0.2, 0.25) is 0 Å². The van der Waals surface area contributed by atoms with E-state index in [1.54, 1.807) is 0 Å². The van der Waals surface area contributed by atoms with Crippen LogP contribution >= 0.6 is 15.9 Å². The molecule has 4 heteroatoms. The number of benzene rings is 1. The number of hydrogen-bond acceptors (Lipinski definition) is 3. The minimum Gasteiger partial charge on any atom is -0.370 e. The molecular formula is C17H28BrN3. The second kappa shape index (κ2) is 8.16. The number of hydrogen-bond donors (Lipinski definition) is 1. The van der Waals surface area contributed by atoms with Crippen molar-refractivity contribution < 1.29 is 0 Å². The molecule has 118 valence electrons. The van der Waals surface area contributed by atoms with Crippen molar-refractivity contribution in [1.82, 2.24) is 10.2 Å². The minimum absolute atomic E-state index is 0.709. The van der Waals surface area contributed by atoms with Gasteiger partial charge in [0.05, 0.1) is 0 Å². The molecule has 1 aliphatic rings. The third kappa shape index (κ3) is 4.21. The van der Waals surface area contributed by atoms with Crippen molar-refractivity contribution in [3.63, 3.8) is 0 Å². The Labute approximate surface area is 137 Å². The van der Waals surface area contributed by atoms with Crippen LogP contribution in [-0.4, -0.2) is 43.7 Å². The first-order chi connectivity index (χ1) is 10.2. The van der Waals surface area contributed by atoms with Crippen LogP contribution in [-0.2, 0) is 6.54 Å². The molecule has 0 bridgehead atoms. The zero-order valence-corrected chi connectivity index (χ0v) is 15.1. The van der Waals surface area contributed by atoms with Gasteiger partial charge >= 0.3 is 0 Å². The van der Waals surface area contributed by atoms with Gasteiger partial charge < -0.3 is 10.2 Å². The number of halogens is 1. The molecular weight excluding hydrogens is 326 g/mol. The van der Waals surface area contributed by atoms with E-state index in [0.29, 0.717) is 6.04 Å². The molecule has 0 saturated carbocycles. The topological polar surface area (TPSA) is 18.5 Å². The van der Waals surface area contributed by atoms with Gasteiger partial charge in [0, 0.05) is 35.8 Å². The number of nitrogens with zero attached hydrogens (tertiary/aromatic N) is 2. The highest BCUT2D eigenvalue weighted by atomic mass is 79.9. The van der Waals surface area contributed by atoms with Crippen LogP contribution in [0.5, 0.6) is 0 Å². The quantitative estimate of drug-likeness (QED) is 0.809. The molecule has 1 N–H and O–H groups in total. The zero-order valence-electron chi connectivity index (χ0n) is 13.5. The van der Waals surface area contributed by atoms with Gasteiger partial charge in [0.1, 0.15) is 0 Å². The fourth-order valence-corrected chi connectivity index (χ4v) is 3.66. The molecule has 2 rings (SSSR count). The molecule has 1 aromatic carbocycles. The summed E-state index contributed by atoms with van der Waals surface area (Å²) in [5.74, 6) is 0. The highest BCUT2D eigenvalue weighted by Crippen LogP contribution is 2.28. The smallest absolute Gasteiger partial charge is 0.0378 e. The van der Waals surface area contributed by atoms with Crippen LogP contribution in [0.25, 0.3) is 0 Å². The summed E-state index contributed by atoms with van der Waals surface area (Å²) in [5.41, 5.74) is 2.68. The first kappa shape index (κ1) is 16.8. The fourth-order valence-electron chi connectivity index (χ4n) is 3.15. The van der Waals surface area contributed by atoms with E-state index in [0.717, 1.165) is 32.7 Å². The molecule has 0 aliphatic carbocycles. The predicted octanol–water partition coefficient (Wildman–Crippen LogP) is 3.48. The summed E-state index contributed by atoms with van der Waals surface area (Å²) in [4.78, 5) is 5.10. The number of rotatable bonds is 7. The second-order valence-electron chi connectivity index (χ2n) is 5.67. The van der Waals surface area contributed by atoms with E-state index in [-0.39, 0.29) is 0 Å². The molecule has 21 heavy (non-hydrogen) atoms. The molecule has 1 aromatic rings. The Morgan fingerprint density at radius 3 is 2.67 bits per heavy atom. The monoisotopic (exact) mass is 353 g/mol. The molecule has 0 spiro atoms. The largest absolute Gasteiger partial charge is 0.370 e. The summed E-state index contributed by atoms with van der Waals surface area (Å²) < 4.78 is 1.22. The van der Waals surface area contributed by atoms with Crippen LogP contribution < -0.4 is 10.2 Å². The van der Waals surface area contributed by atoms with E-state index in [1.165, 1.54) is 28.7 Å². The van der Waals surface area contributed by atoms with Crippen LogP contribution in [0.15, 0.2) is 22.7 Å². The van der Waals surface area contributed by atoms with Gasteiger partial charge in [0.25, 0.3) is 0 Å². The number of likely N-dealkylation sites (N-methyl/N-ethyl adjacent to an activating group) is 1. The molecule has 0 radical (unpaired) electrons. The van der Waals surface area contributed by atoms with E-state index in [2.05, 4.69) is 70.0 Å². The van der Waals surface area contributed by atoms with Crippen molar-refractivity contribution in [2.24, 2.45) is 0 Å². The Morgan fingerprint density at radius 2 is 2.05 bits per heavy atom. The standard InChI is InChI=1S/C17H28BrN3/c1-4-19-12-14-7-8-15(11-17(14)18)21-10-9-16(13-21)20(5-2)6-3/h7-8,11,16,19H,4-6,9-10,12-13H2,1-3H3. The van der Waals surface area contributed by atoms with E-state index in [4.69, 9.17) is 0 Å². The van der Waals surface area contributed by atoms with Crippen LogP contribution in [0.1, 0.15) is 32.8 Å². The second-order valence-corrected chi connectivity index (χ2v) is 6.52. The highest BCUT2D eigenvalue weighted by molar-refractivity contribution is 9.10. The van der Waals surface area contributed by atoms with Gasteiger partial charge in [0.15, 0.2) is 0 Å². The van der Waals surface area contributed by atoms with E-state index in [9.17, 15) is 0 Å². The zero-order chi connectivity index (χ0) is 15.2. The lowest BCUT2D eigenvalue weighted by molar-refractivity contribution is 0.232. The van der Waals surface area contributed by atoms with E-state index < -0.39 is 0 Å². The molecule has 1 heterocycles. The molecule has 1 unspecified atom stereocenters. The summed E-state index contributed by atoms with van der Waals surface area (Å²) in [6, 6.07) is 7.49. The number of anilines is 1. The van der Waals surface area contributed by atoms with Crippen molar-refractivity contribution in [3.05, 3.63) is 28.2 Å². The van der Waals surface area contributed by atoms with Crippen molar-refractivity contribution >= 4 is 21.6 Å². The normalized spacial score (nSPS) is 18.7. The van der Waals surface area contributed by atoms with Gasteiger partial charge in [-0.1, -0.05) is 42.8 Å². The fraction of sp³-hybridized carbons (Fsp3) is 0.647. The maximum Gasteiger partial charge on any atom is 0.0378 e. The molecule has 0 amide bonds. The van der Waals surface area contributed by atoms with Gasteiger partial charge in [-0.15, -0.1) is 0 Å². The lowest BCUT2D eigenvalue weighted by Gasteiger charge is -2.26. The number of nitrogens with one attached hydrogen (secondary N) is 1. The minimum atomic E-state index is 0.709. The van der Waals surface area contributed by atoms with Crippen molar-refractivity contribution in [2.45, 2.75) is 39.8 Å². The Kier molecular flexibility index (Phi) is 6.52. The first-order valence-corrected chi connectivity index (χ1v) is 8.97. The Morgan fingerprint density at radius 1 is 1.29 bits per heavy atom. The maximum atomic E-state index is 3.72. The molecule has 1 aliphatic heterocycles. The van der Waals surface area contributed by atoms with Crippen LogP contribution in [0, 0.1) is 0 Å². The summed E-state index contributed by atoms with van der Waals surface area (Å²) >= 11 is 3.72. The van der Waals surface area contributed by atoms with Crippen LogP contribution in [0.2, 0.25) is 0 Å². The van der Waals surface area contributed by atoms with Gasteiger partial charge in [-0.3, -0.25) is 4.90 Å². The lowest BCUT2D eigenvalue weighted by atomic mass is 10.2. The van der Waals surface area contributed by atoms with E-state index >= 15 is 0 Å². The van der Waals surface area contributed by atoms with E-state index in [1.807, 2.05) is 0 Å². The third-order valence-corrected chi connectivity index (χ3v) is 5.20. The Hall–Kier alpha value is -0.580. The summed E-state index contributed by atoms with van der Waals surface area (Å²) in [6.45, 7) is 13.2. The maximum absolute atomic E-state index is 3.72. The predicted molar refractivity (Wildman–Crippen MR) is 95.1 cm³/mol. The van der Waals surface area contributed by atoms with Gasteiger partial charge in [-0.05, 0) is 43.8 Å². The average Bonchev–Trinajstić information content (AvgIpc) is 2.97. The molecule has 1 saturated heterocycles.